The Morgan fingerprint density at radius 3 is 2.30 bits per heavy atom. The largest absolute Gasteiger partial charge is 0.496 e. The normalized spacial score (nSPS) is 15.2. The summed E-state index contributed by atoms with van der Waals surface area (Å²) in [5.74, 6) is -0.396. The van der Waals surface area contributed by atoms with Crippen molar-refractivity contribution in [1.29, 1.82) is 0 Å². The number of halogens is 1. The molecule has 0 unspecified atom stereocenters. The highest BCUT2D eigenvalue weighted by molar-refractivity contribution is 5.97. The van der Waals surface area contributed by atoms with Gasteiger partial charge in [0.2, 0.25) is 5.91 Å². The van der Waals surface area contributed by atoms with Gasteiger partial charge < -0.3 is 14.5 Å². The Morgan fingerprint density at radius 1 is 1.15 bits per heavy atom. The van der Waals surface area contributed by atoms with Crippen LogP contribution in [0, 0.1) is 5.82 Å². The highest BCUT2D eigenvalue weighted by Crippen LogP contribution is 2.21. The van der Waals surface area contributed by atoms with Gasteiger partial charge in [-0.3, -0.25) is 9.59 Å². The number of methoxy groups -OCH3 is 1. The predicted molar refractivity (Wildman–Crippen MR) is 71.1 cm³/mol. The Morgan fingerprint density at radius 2 is 1.75 bits per heavy atom. The van der Waals surface area contributed by atoms with Crippen LogP contribution in [0.3, 0.4) is 0 Å². The first-order chi connectivity index (χ1) is 9.52. The first-order valence-corrected chi connectivity index (χ1v) is 6.41. The zero-order valence-corrected chi connectivity index (χ0v) is 11.6. The first-order valence-electron chi connectivity index (χ1n) is 6.41. The molecule has 1 aromatic rings. The van der Waals surface area contributed by atoms with Crippen molar-refractivity contribution in [2.24, 2.45) is 0 Å². The minimum atomic E-state index is -0.475. The summed E-state index contributed by atoms with van der Waals surface area (Å²) in [6, 6.07) is 3.87. The summed E-state index contributed by atoms with van der Waals surface area (Å²) in [7, 11) is 1.44. The number of benzene rings is 1. The van der Waals surface area contributed by atoms with Gasteiger partial charge >= 0.3 is 0 Å². The average Bonchev–Trinajstić information content (AvgIpc) is 2.46. The van der Waals surface area contributed by atoms with Crippen LogP contribution in [0.4, 0.5) is 4.39 Å². The second-order valence-corrected chi connectivity index (χ2v) is 4.64. The van der Waals surface area contributed by atoms with E-state index in [4.69, 9.17) is 4.74 Å². The lowest BCUT2D eigenvalue weighted by atomic mass is 10.1. The summed E-state index contributed by atoms with van der Waals surface area (Å²) in [6.07, 6.45) is 0. The van der Waals surface area contributed by atoms with Crippen molar-refractivity contribution in [2.45, 2.75) is 6.92 Å². The molecule has 2 amide bonds. The van der Waals surface area contributed by atoms with Gasteiger partial charge in [0.15, 0.2) is 0 Å². The molecule has 1 aromatic carbocycles. The average molecular weight is 280 g/mol. The van der Waals surface area contributed by atoms with Crippen LogP contribution in [0.2, 0.25) is 0 Å². The number of nitrogens with zero attached hydrogens (tertiary/aromatic N) is 2. The molecule has 0 atom stereocenters. The van der Waals surface area contributed by atoms with E-state index in [0.717, 1.165) is 0 Å². The summed E-state index contributed by atoms with van der Waals surface area (Å²) in [4.78, 5) is 26.9. The lowest BCUT2D eigenvalue weighted by molar-refractivity contribution is -0.130. The Balaban J connectivity index is 2.13. The van der Waals surface area contributed by atoms with Crippen molar-refractivity contribution in [3.63, 3.8) is 0 Å². The summed E-state index contributed by atoms with van der Waals surface area (Å²) in [5.41, 5.74) is 0.212. The van der Waals surface area contributed by atoms with Gasteiger partial charge in [0, 0.05) is 33.1 Å². The molecular weight excluding hydrogens is 263 g/mol. The second-order valence-electron chi connectivity index (χ2n) is 4.64. The molecule has 108 valence electrons. The zero-order chi connectivity index (χ0) is 14.7. The number of carbonyl (C=O) groups is 2. The first kappa shape index (κ1) is 14.3. The van der Waals surface area contributed by atoms with E-state index in [-0.39, 0.29) is 17.4 Å². The highest BCUT2D eigenvalue weighted by Gasteiger charge is 2.25. The maximum absolute atomic E-state index is 13.3. The van der Waals surface area contributed by atoms with Crippen LogP contribution in [0.1, 0.15) is 17.3 Å². The van der Waals surface area contributed by atoms with Gasteiger partial charge in [-0.25, -0.2) is 4.39 Å². The molecule has 1 heterocycles. The van der Waals surface area contributed by atoms with Crippen LogP contribution < -0.4 is 4.74 Å². The summed E-state index contributed by atoms with van der Waals surface area (Å²) < 4.78 is 18.4. The minimum absolute atomic E-state index is 0.000403. The number of ether oxygens (including phenoxy) is 1. The fourth-order valence-corrected chi connectivity index (χ4v) is 2.24. The SMILES string of the molecule is COc1ccc(F)cc1C(=O)N1CCN(C(C)=O)CC1. The predicted octanol–water partition coefficient (Wildman–Crippen LogP) is 1.14. The molecule has 0 spiro atoms. The monoisotopic (exact) mass is 280 g/mol. The number of carbonyl (C=O) groups excluding carboxylic acids is 2. The van der Waals surface area contributed by atoms with Crippen molar-refractivity contribution in [3.05, 3.63) is 29.6 Å². The third-order valence-electron chi connectivity index (χ3n) is 3.40. The third kappa shape index (κ3) is 2.89. The van der Waals surface area contributed by atoms with Crippen LogP contribution in [0.25, 0.3) is 0 Å². The number of amides is 2. The van der Waals surface area contributed by atoms with Crippen LogP contribution in [-0.2, 0) is 4.79 Å². The number of hydrogen-bond acceptors (Lipinski definition) is 3. The van der Waals surface area contributed by atoms with E-state index in [2.05, 4.69) is 0 Å². The topological polar surface area (TPSA) is 49.9 Å². The standard InChI is InChI=1S/C14H17FN2O3/c1-10(18)16-5-7-17(8-6-16)14(19)12-9-11(15)3-4-13(12)20-2/h3-4,9H,5-8H2,1-2H3. The van der Waals surface area contributed by atoms with Gasteiger partial charge in [-0.2, -0.15) is 0 Å². The molecule has 20 heavy (non-hydrogen) atoms. The molecule has 5 nitrogen and oxygen atoms in total. The number of piperazine rings is 1. The van der Waals surface area contributed by atoms with Gasteiger partial charge in [-0.15, -0.1) is 0 Å². The van der Waals surface area contributed by atoms with Crippen LogP contribution in [0.5, 0.6) is 5.75 Å². The Kier molecular flexibility index (Phi) is 4.22. The van der Waals surface area contributed by atoms with Gasteiger partial charge in [0.05, 0.1) is 12.7 Å². The molecule has 1 aliphatic rings. The van der Waals surface area contributed by atoms with Crippen molar-refractivity contribution in [3.8, 4) is 5.75 Å². The van der Waals surface area contributed by atoms with Crippen LogP contribution in [-0.4, -0.2) is 54.9 Å². The van der Waals surface area contributed by atoms with Gasteiger partial charge in [-0.1, -0.05) is 0 Å². The number of rotatable bonds is 2. The second kappa shape index (κ2) is 5.90. The highest BCUT2D eigenvalue weighted by atomic mass is 19.1. The number of hydrogen-bond donors (Lipinski definition) is 0. The quantitative estimate of drug-likeness (QED) is 0.816. The summed E-state index contributed by atoms with van der Waals surface area (Å²) in [6.45, 7) is 3.39. The molecule has 1 aliphatic heterocycles. The summed E-state index contributed by atoms with van der Waals surface area (Å²) in [5, 5.41) is 0. The maximum Gasteiger partial charge on any atom is 0.257 e. The van der Waals surface area contributed by atoms with Gasteiger partial charge in [0.25, 0.3) is 5.91 Å². The maximum atomic E-state index is 13.3. The van der Waals surface area contributed by atoms with Crippen molar-refractivity contribution < 1.29 is 18.7 Å². The van der Waals surface area contributed by atoms with E-state index in [9.17, 15) is 14.0 Å². The molecule has 0 bridgehead atoms. The Hall–Kier alpha value is -2.11. The minimum Gasteiger partial charge on any atom is -0.496 e. The van der Waals surface area contributed by atoms with E-state index in [1.807, 2.05) is 0 Å². The van der Waals surface area contributed by atoms with E-state index in [1.165, 1.54) is 32.2 Å². The van der Waals surface area contributed by atoms with Crippen molar-refractivity contribution >= 4 is 11.8 Å². The van der Waals surface area contributed by atoms with Gasteiger partial charge in [0.1, 0.15) is 11.6 Å². The zero-order valence-electron chi connectivity index (χ0n) is 11.6. The van der Waals surface area contributed by atoms with E-state index < -0.39 is 5.82 Å². The molecule has 1 saturated heterocycles. The van der Waals surface area contributed by atoms with Crippen molar-refractivity contribution in [2.75, 3.05) is 33.3 Å². The molecule has 0 N–H and O–H groups in total. The van der Waals surface area contributed by atoms with Gasteiger partial charge in [-0.05, 0) is 18.2 Å². The fourth-order valence-electron chi connectivity index (χ4n) is 2.24. The van der Waals surface area contributed by atoms with E-state index in [1.54, 1.807) is 9.80 Å². The molecule has 0 aromatic heterocycles. The lowest BCUT2D eigenvalue weighted by Crippen LogP contribution is -2.50. The van der Waals surface area contributed by atoms with Crippen molar-refractivity contribution in [1.82, 2.24) is 9.80 Å². The third-order valence-corrected chi connectivity index (χ3v) is 3.40. The van der Waals surface area contributed by atoms with Crippen LogP contribution in [0.15, 0.2) is 18.2 Å². The smallest absolute Gasteiger partial charge is 0.257 e. The van der Waals surface area contributed by atoms with Crippen LogP contribution >= 0.6 is 0 Å². The fraction of sp³-hybridized carbons (Fsp3) is 0.429. The molecule has 0 aliphatic carbocycles. The summed E-state index contributed by atoms with van der Waals surface area (Å²) >= 11 is 0. The molecule has 2 rings (SSSR count). The van der Waals surface area contributed by atoms with E-state index >= 15 is 0 Å². The molecule has 6 heteroatoms. The molecule has 1 fully saturated rings. The van der Waals surface area contributed by atoms with E-state index in [0.29, 0.717) is 31.9 Å². The lowest BCUT2D eigenvalue weighted by Gasteiger charge is -2.34. The molecule has 0 saturated carbocycles. The Bertz CT molecular complexity index is 525. The molecular formula is C14H17FN2O3. The molecule has 0 radical (unpaired) electrons. The Labute approximate surface area is 116 Å².